The lowest BCUT2D eigenvalue weighted by Gasteiger charge is -2.65. The molecule has 0 saturated heterocycles. The van der Waals surface area contributed by atoms with Crippen LogP contribution in [0.4, 0.5) is 4.39 Å². The van der Waals surface area contributed by atoms with E-state index in [9.17, 15) is 14.0 Å². The molecule has 9 heteroatoms. The number of nitrogens with zero attached hydrogens (tertiary/aromatic N) is 6. The molecule has 3 fully saturated rings. The SMILES string of the molecule is O=c1c(=O)n(C23CC(F)(C2)C3)ccn1Cc1cn(-c2ccccn2)nn1. The van der Waals surface area contributed by atoms with Crippen LogP contribution in [-0.2, 0) is 12.1 Å². The van der Waals surface area contributed by atoms with Gasteiger partial charge in [-0.1, -0.05) is 11.3 Å². The summed E-state index contributed by atoms with van der Waals surface area (Å²) in [6, 6.07) is 5.42. The van der Waals surface area contributed by atoms with Crippen LogP contribution in [-0.4, -0.2) is 34.8 Å². The van der Waals surface area contributed by atoms with E-state index in [0.717, 1.165) is 0 Å². The van der Waals surface area contributed by atoms with Gasteiger partial charge in [-0.15, -0.1) is 5.10 Å². The molecular weight excluding hydrogens is 339 g/mol. The Bertz CT molecular complexity index is 1100. The van der Waals surface area contributed by atoms with Gasteiger partial charge in [0, 0.05) is 37.9 Å². The number of hydrogen-bond donors (Lipinski definition) is 0. The van der Waals surface area contributed by atoms with Crippen molar-refractivity contribution in [2.45, 2.75) is 37.0 Å². The molecule has 3 saturated carbocycles. The molecule has 0 aliphatic heterocycles. The van der Waals surface area contributed by atoms with Crippen LogP contribution >= 0.6 is 0 Å². The standard InChI is InChI=1S/C17H15FN6O2/c18-16-9-17(10-16,11-16)23-6-5-22(14(25)15(23)26)7-12-8-24(21-20-12)13-3-1-2-4-19-13/h1-6,8H,7,9-11H2. The molecule has 0 spiro atoms. The fourth-order valence-corrected chi connectivity index (χ4v) is 4.02. The molecule has 132 valence electrons. The molecule has 0 radical (unpaired) electrons. The number of halogens is 1. The summed E-state index contributed by atoms with van der Waals surface area (Å²) in [4.78, 5) is 29.0. The predicted octanol–water partition coefficient (Wildman–Crippen LogP) is 0.635. The smallest absolute Gasteiger partial charge is 0.303 e. The van der Waals surface area contributed by atoms with Crippen molar-refractivity contribution in [2.75, 3.05) is 0 Å². The summed E-state index contributed by atoms with van der Waals surface area (Å²) in [6.07, 6.45) is 7.40. The second-order valence-corrected chi connectivity index (χ2v) is 7.15. The summed E-state index contributed by atoms with van der Waals surface area (Å²) in [5, 5.41) is 8.02. The average molecular weight is 354 g/mol. The number of hydrogen-bond acceptors (Lipinski definition) is 5. The summed E-state index contributed by atoms with van der Waals surface area (Å²) in [5.41, 5.74) is -2.35. The molecular formula is C17H15FN6O2. The van der Waals surface area contributed by atoms with Crippen LogP contribution in [0.3, 0.4) is 0 Å². The van der Waals surface area contributed by atoms with Crippen LogP contribution in [0.1, 0.15) is 25.0 Å². The van der Waals surface area contributed by atoms with E-state index in [0.29, 0.717) is 30.8 Å². The number of rotatable bonds is 4. The zero-order chi connectivity index (χ0) is 17.9. The third kappa shape index (κ3) is 2.09. The molecule has 3 heterocycles. The van der Waals surface area contributed by atoms with Gasteiger partial charge in [0.25, 0.3) is 0 Å². The van der Waals surface area contributed by atoms with E-state index in [1.165, 1.54) is 13.8 Å². The third-order valence-electron chi connectivity index (χ3n) is 5.26. The normalized spacial score (nSPS) is 26.2. The lowest BCUT2D eigenvalue weighted by molar-refractivity contribution is -0.199. The summed E-state index contributed by atoms with van der Waals surface area (Å²) in [5.74, 6) is 0.609. The van der Waals surface area contributed by atoms with Gasteiger partial charge in [0.1, 0.15) is 11.4 Å². The van der Waals surface area contributed by atoms with E-state index in [-0.39, 0.29) is 6.54 Å². The van der Waals surface area contributed by atoms with Crippen LogP contribution in [0.2, 0.25) is 0 Å². The summed E-state index contributed by atoms with van der Waals surface area (Å²) < 4.78 is 17.9. The largest absolute Gasteiger partial charge is 0.316 e. The third-order valence-corrected chi connectivity index (χ3v) is 5.26. The lowest BCUT2D eigenvalue weighted by atomic mass is 9.47. The zero-order valence-corrected chi connectivity index (χ0v) is 13.7. The van der Waals surface area contributed by atoms with Crippen molar-refractivity contribution >= 4 is 0 Å². The van der Waals surface area contributed by atoms with Gasteiger partial charge in [-0.3, -0.25) is 9.59 Å². The van der Waals surface area contributed by atoms with Crippen molar-refractivity contribution in [1.29, 1.82) is 0 Å². The van der Waals surface area contributed by atoms with Crippen LogP contribution in [0.5, 0.6) is 0 Å². The van der Waals surface area contributed by atoms with Crippen molar-refractivity contribution in [3.8, 4) is 5.82 Å². The molecule has 0 N–H and O–H groups in total. The first-order valence-corrected chi connectivity index (χ1v) is 8.32. The van der Waals surface area contributed by atoms with Gasteiger partial charge in [0.2, 0.25) is 0 Å². The molecule has 0 amide bonds. The van der Waals surface area contributed by atoms with Gasteiger partial charge < -0.3 is 9.13 Å². The molecule has 3 aromatic rings. The maximum absolute atomic E-state index is 13.7. The predicted molar refractivity (Wildman–Crippen MR) is 88.9 cm³/mol. The van der Waals surface area contributed by atoms with Crippen LogP contribution in [0.25, 0.3) is 5.82 Å². The Balaban J connectivity index is 1.42. The van der Waals surface area contributed by atoms with Crippen LogP contribution in [0, 0.1) is 0 Å². The topological polar surface area (TPSA) is 87.6 Å². The van der Waals surface area contributed by atoms with Crippen molar-refractivity contribution in [1.82, 2.24) is 29.1 Å². The number of aromatic nitrogens is 6. The molecule has 8 nitrogen and oxygen atoms in total. The van der Waals surface area contributed by atoms with Gasteiger partial charge in [-0.25, -0.2) is 14.1 Å². The molecule has 0 unspecified atom stereocenters. The fourth-order valence-electron chi connectivity index (χ4n) is 4.02. The maximum Gasteiger partial charge on any atom is 0.316 e. The average Bonchev–Trinajstić information content (AvgIpc) is 3.05. The number of pyridine rings is 1. The minimum Gasteiger partial charge on any atom is -0.303 e. The highest BCUT2D eigenvalue weighted by Crippen LogP contribution is 2.66. The number of alkyl halides is 1. The Morgan fingerprint density at radius 1 is 1.12 bits per heavy atom. The highest BCUT2D eigenvalue weighted by atomic mass is 19.1. The van der Waals surface area contributed by atoms with E-state index >= 15 is 0 Å². The van der Waals surface area contributed by atoms with Crippen molar-refractivity contribution in [3.63, 3.8) is 0 Å². The van der Waals surface area contributed by atoms with Gasteiger partial charge >= 0.3 is 11.1 Å². The van der Waals surface area contributed by atoms with E-state index in [1.54, 1.807) is 36.9 Å². The molecule has 0 aromatic carbocycles. The van der Waals surface area contributed by atoms with Gasteiger partial charge in [0.15, 0.2) is 5.82 Å². The monoisotopic (exact) mass is 354 g/mol. The lowest BCUT2D eigenvalue weighted by Crippen LogP contribution is -2.72. The van der Waals surface area contributed by atoms with E-state index in [4.69, 9.17) is 0 Å². The van der Waals surface area contributed by atoms with Crippen molar-refractivity contribution in [3.05, 3.63) is 69.4 Å². The molecule has 26 heavy (non-hydrogen) atoms. The molecule has 3 aliphatic rings. The summed E-state index contributed by atoms with van der Waals surface area (Å²) >= 11 is 0. The van der Waals surface area contributed by atoms with E-state index in [1.807, 2.05) is 6.07 Å². The molecule has 3 aromatic heterocycles. The second-order valence-electron chi connectivity index (χ2n) is 7.15. The highest BCUT2D eigenvalue weighted by Gasteiger charge is 2.70. The summed E-state index contributed by atoms with van der Waals surface area (Å²) in [7, 11) is 0. The second kappa shape index (κ2) is 4.96. The minimum absolute atomic E-state index is 0.127. The quantitative estimate of drug-likeness (QED) is 0.642. The van der Waals surface area contributed by atoms with Crippen molar-refractivity contribution < 1.29 is 4.39 Å². The first-order valence-electron chi connectivity index (χ1n) is 8.32. The van der Waals surface area contributed by atoms with Gasteiger partial charge in [-0.05, 0) is 12.1 Å². The Hall–Kier alpha value is -3.10. The first kappa shape index (κ1) is 15.2. The molecule has 6 rings (SSSR count). The first-order chi connectivity index (χ1) is 12.5. The highest BCUT2D eigenvalue weighted by molar-refractivity contribution is 5.24. The maximum atomic E-state index is 13.7. The Morgan fingerprint density at radius 2 is 1.92 bits per heavy atom. The molecule has 3 aliphatic carbocycles. The van der Waals surface area contributed by atoms with Crippen LogP contribution < -0.4 is 11.1 Å². The van der Waals surface area contributed by atoms with Gasteiger partial charge in [0.05, 0.1) is 18.3 Å². The van der Waals surface area contributed by atoms with E-state index < -0.39 is 22.3 Å². The Labute approximate surface area is 146 Å². The fraction of sp³-hybridized carbons (Fsp3) is 0.353. The van der Waals surface area contributed by atoms with Crippen molar-refractivity contribution in [2.24, 2.45) is 0 Å². The molecule has 2 bridgehead atoms. The Morgan fingerprint density at radius 3 is 2.62 bits per heavy atom. The minimum atomic E-state index is -1.13. The molecule has 0 atom stereocenters. The van der Waals surface area contributed by atoms with E-state index in [2.05, 4.69) is 15.3 Å². The Kier molecular flexibility index (Phi) is 2.90. The summed E-state index contributed by atoms with van der Waals surface area (Å²) in [6.45, 7) is 0.127. The van der Waals surface area contributed by atoms with Gasteiger partial charge in [-0.2, -0.15) is 0 Å². The van der Waals surface area contributed by atoms with Crippen LogP contribution in [0.15, 0.2) is 52.6 Å². The zero-order valence-electron chi connectivity index (χ0n) is 13.7.